The van der Waals surface area contributed by atoms with E-state index in [2.05, 4.69) is 0 Å². The van der Waals surface area contributed by atoms with Crippen molar-refractivity contribution in [2.45, 2.75) is 4.90 Å². The van der Waals surface area contributed by atoms with Gasteiger partial charge in [-0.1, -0.05) is 30.3 Å². The van der Waals surface area contributed by atoms with Gasteiger partial charge in [-0.3, -0.25) is 0 Å². The number of benzene rings is 2. The first-order valence-corrected chi connectivity index (χ1v) is 7.56. The molecule has 0 bridgehead atoms. The monoisotopic (exact) mass is 276 g/mol. The standard InChI is InChI=1S/C13H13BO4S/c1-19(16,17)13-9-7-12(8-10-13)18-14(15)11-5-3-2-4-6-11/h2-10,15H,1H3. The van der Waals surface area contributed by atoms with Crippen molar-refractivity contribution in [1.29, 1.82) is 0 Å². The fourth-order valence-electron chi connectivity index (χ4n) is 1.58. The Kier molecular flexibility index (Phi) is 3.92. The van der Waals surface area contributed by atoms with Crippen molar-refractivity contribution in [3.05, 3.63) is 54.6 Å². The summed E-state index contributed by atoms with van der Waals surface area (Å²) < 4.78 is 27.9. The fourth-order valence-corrected chi connectivity index (χ4v) is 2.21. The van der Waals surface area contributed by atoms with Gasteiger partial charge in [-0.05, 0) is 29.7 Å². The van der Waals surface area contributed by atoms with Gasteiger partial charge in [-0.15, -0.1) is 0 Å². The molecule has 2 rings (SSSR count). The molecule has 0 heterocycles. The van der Waals surface area contributed by atoms with Crippen LogP contribution in [0.5, 0.6) is 5.75 Å². The Morgan fingerprint density at radius 1 is 1.00 bits per heavy atom. The summed E-state index contributed by atoms with van der Waals surface area (Å²) in [4.78, 5) is 0.217. The highest BCUT2D eigenvalue weighted by atomic mass is 32.2. The van der Waals surface area contributed by atoms with E-state index in [1.54, 1.807) is 24.3 Å². The summed E-state index contributed by atoms with van der Waals surface area (Å²) in [7, 11) is -4.30. The maximum atomic E-state index is 11.3. The van der Waals surface area contributed by atoms with E-state index in [4.69, 9.17) is 4.65 Å². The summed E-state index contributed by atoms with van der Waals surface area (Å²) in [6, 6.07) is 14.9. The van der Waals surface area contributed by atoms with Crippen molar-refractivity contribution in [2.24, 2.45) is 0 Å². The average molecular weight is 276 g/mol. The summed E-state index contributed by atoms with van der Waals surface area (Å²) in [6.07, 6.45) is 1.14. The molecular formula is C13H13BO4S. The van der Waals surface area contributed by atoms with E-state index in [0.29, 0.717) is 11.2 Å². The topological polar surface area (TPSA) is 63.6 Å². The number of rotatable bonds is 4. The first kappa shape index (κ1) is 13.6. The maximum absolute atomic E-state index is 11.3. The molecule has 98 valence electrons. The first-order chi connectivity index (χ1) is 8.97. The fraction of sp³-hybridized carbons (Fsp3) is 0.0769. The Hall–Kier alpha value is -1.79. The second kappa shape index (κ2) is 5.46. The molecule has 0 radical (unpaired) electrons. The Bertz CT molecular complexity index is 638. The van der Waals surface area contributed by atoms with Crippen molar-refractivity contribution in [3.63, 3.8) is 0 Å². The Morgan fingerprint density at radius 2 is 1.58 bits per heavy atom. The maximum Gasteiger partial charge on any atom is 0.560 e. The lowest BCUT2D eigenvalue weighted by atomic mass is 9.79. The minimum absolute atomic E-state index is 0.217. The van der Waals surface area contributed by atoms with Crippen LogP contribution in [0.25, 0.3) is 0 Å². The molecule has 0 amide bonds. The molecule has 1 N–H and O–H groups in total. The van der Waals surface area contributed by atoms with E-state index in [9.17, 15) is 13.4 Å². The van der Waals surface area contributed by atoms with Crippen LogP contribution in [0.3, 0.4) is 0 Å². The smallest absolute Gasteiger partial charge is 0.532 e. The van der Waals surface area contributed by atoms with Gasteiger partial charge in [0.2, 0.25) is 0 Å². The molecular weight excluding hydrogens is 263 g/mol. The van der Waals surface area contributed by atoms with Crippen molar-refractivity contribution in [2.75, 3.05) is 6.26 Å². The Morgan fingerprint density at radius 3 is 2.11 bits per heavy atom. The molecule has 0 aliphatic rings. The number of sulfone groups is 1. The second-order valence-corrected chi connectivity index (χ2v) is 6.14. The summed E-state index contributed by atoms with van der Waals surface area (Å²) in [6.45, 7) is 0. The van der Waals surface area contributed by atoms with Crippen LogP contribution in [0.15, 0.2) is 59.5 Å². The van der Waals surface area contributed by atoms with E-state index in [1.807, 2.05) is 6.07 Å². The van der Waals surface area contributed by atoms with Crippen LogP contribution >= 0.6 is 0 Å². The second-order valence-electron chi connectivity index (χ2n) is 4.12. The van der Waals surface area contributed by atoms with Crippen LogP contribution in [0.2, 0.25) is 0 Å². The highest BCUT2D eigenvalue weighted by Crippen LogP contribution is 2.16. The predicted molar refractivity (Wildman–Crippen MR) is 74.2 cm³/mol. The highest BCUT2D eigenvalue weighted by Gasteiger charge is 2.18. The lowest BCUT2D eigenvalue weighted by Gasteiger charge is -2.10. The van der Waals surface area contributed by atoms with Gasteiger partial charge in [0.15, 0.2) is 9.84 Å². The SMILES string of the molecule is CS(=O)(=O)c1ccc(OB(O)c2ccccc2)cc1. The molecule has 6 heteroatoms. The van der Waals surface area contributed by atoms with Crippen LogP contribution in [0, 0.1) is 0 Å². The van der Waals surface area contributed by atoms with E-state index < -0.39 is 17.0 Å². The van der Waals surface area contributed by atoms with Crippen molar-refractivity contribution >= 4 is 22.4 Å². The molecule has 0 spiro atoms. The Balaban J connectivity index is 2.12. The van der Waals surface area contributed by atoms with Gasteiger partial charge in [-0.2, -0.15) is 0 Å². The van der Waals surface area contributed by atoms with Crippen LogP contribution in [-0.2, 0) is 9.84 Å². The average Bonchev–Trinajstić information content (AvgIpc) is 2.39. The zero-order valence-corrected chi connectivity index (χ0v) is 11.2. The Labute approximate surface area is 112 Å². The molecule has 0 unspecified atom stereocenters. The normalized spacial score (nSPS) is 11.1. The molecule has 2 aromatic carbocycles. The number of hydrogen-bond donors (Lipinski definition) is 1. The zero-order valence-electron chi connectivity index (χ0n) is 10.4. The zero-order chi connectivity index (χ0) is 13.9. The molecule has 2 aromatic rings. The van der Waals surface area contributed by atoms with Gasteiger partial charge >= 0.3 is 7.12 Å². The quantitative estimate of drug-likeness (QED) is 0.841. The molecule has 0 atom stereocenters. The third kappa shape index (κ3) is 3.59. The van der Waals surface area contributed by atoms with E-state index >= 15 is 0 Å². The van der Waals surface area contributed by atoms with Crippen molar-refractivity contribution < 1.29 is 18.1 Å². The minimum Gasteiger partial charge on any atom is -0.532 e. The van der Waals surface area contributed by atoms with Crippen LogP contribution in [-0.4, -0.2) is 26.8 Å². The third-order valence-electron chi connectivity index (χ3n) is 2.58. The van der Waals surface area contributed by atoms with Crippen LogP contribution in [0.4, 0.5) is 0 Å². The molecule has 0 aliphatic heterocycles. The van der Waals surface area contributed by atoms with Crippen LogP contribution in [0.1, 0.15) is 0 Å². The third-order valence-corrected chi connectivity index (χ3v) is 3.71. The summed E-state index contributed by atoms with van der Waals surface area (Å²) in [5.74, 6) is 0.406. The lowest BCUT2D eigenvalue weighted by molar-refractivity contribution is 0.432. The van der Waals surface area contributed by atoms with E-state index in [0.717, 1.165) is 6.26 Å². The van der Waals surface area contributed by atoms with Gasteiger partial charge in [-0.25, -0.2) is 8.42 Å². The summed E-state index contributed by atoms with van der Waals surface area (Å²) >= 11 is 0. The lowest BCUT2D eigenvalue weighted by Crippen LogP contribution is -2.36. The molecule has 19 heavy (non-hydrogen) atoms. The van der Waals surface area contributed by atoms with Gasteiger partial charge in [0.1, 0.15) is 5.75 Å². The van der Waals surface area contributed by atoms with Gasteiger partial charge in [0.05, 0.1) is 4.90 Å². The van der Waals surface area contributed by atoms with Gasteiger partial charge < -0.3 is 9.68 Å². The molecule has 4 nitrogen and oxygen atoms in total. The van der Waals surface area contributed by atoms with Crippen LogP contribution < -0.4 is 10.1 Å². The largest absolute Gasteiger partial charge is 0.560 e. The molecule has 0 saturated carbocycles. The van der Waals surface area contributed by atoms with Gasteiger partial charge in [0, 0.05) is 6.26 Å². The van der Waals surface area contributed by atoms with Crippen molar-refractivity contribution in [3.8, 4) is 5.75 Å². The molecule has 0 fully saturated rings. The molecule has 0 aliphatic carbocycles. The van der Waals surface area contributed by atoms with Gasteiger partial charge in [0.25, 0.3) is 0 Å². The number of hydrogen-bond acceptors (Lipinski definition) is 4. The highest BCUT2D eigenvalue weighted by molar-refractivity contribution is 7.90. The van der Waals surface area contributed by atoms with Crippen molar-refractivity contribution in [1.82, 2.24) is 0 Å². The summed E-state index contributed by atoms with van der Waals surface area (Å²) in [5, 5.41) is 9.86. The molecule has 0 aromatic heterocycles. The van der Waals surface area contributed by atoms with E-state index in [-0.39, 0.29) is 4.90 Å². The predicted octanol–water partition coefficient (Wildman–Crippen LogP) is 0.857. The minimum atomic E-state index is -3.22. The first-order valence-electron chi connectivity index (χ1n) is 5.66. The van der Waals surface area contributed by atoms with E-state index in [1.165, 1.54) is 24.3 Å². The summed E-state index contributed by atoms with van der Waals surface area (Å²) in [5.41, 5.74) is 0.634. The molecule has 0 saturated heterocycles.